The molecule has 0 spiro atoms. The zero-order valence-electron chi connectivity index (χ0n) is 30.6. The first-order valence-electron chi connectivity index (χ1n) is 19.7. The molecule has 0 aromatic heterocycles. The van der Waals surface area contributed by atoms with Crippen LogP contribution >= 0.6 is 0 Å². The number of rotatable bonds is 36. The average molecular weight is 645 g/mol. The first kappa shape index (κ1) is 44.4. The van der Waals surface area contributed by atoms with Gasteiger partial charge >= 0.3 is 5.97 Å². The summed E-state index contributed by atoms with van der Waals surface area (Å²) >= 11 is 0. The molecule has 0 fully saturated rings. The second-order valence-corrected chi connectivity index (χ2v) is 13.0. The molecule has 268 valence electrons. The number of esters is 1. The monoisotopic (exact) mass is 645 g/mol. The fourth-order valence-corrected chi connectivity index (χ4v) is 5.50. The van der Waals surface area contributed by atoms with E-state index < -0.39 is 6.10 Å². The van der Waals surface area contributed by atoms with Crippen molar-refractivity contribution in [1.29, 1.82) is 0 Å². The van der Waals surface area contributed by atoms with Gasteiger partial charge in [-0.1, -0.05) is 178 Å². The molecule has 4 heteroatoms. The molecule has 1 unspecified atom stereocenters. The van der Waals surface area contributed by atoms with E-state index in [0.29, 0.717) is 13.0 Å². The lowest BCUT2D eigenvalue weighted by atomic mass is 10.0. The van der Waals surface area contributed by atoms with E-state index in [1.807, 2.05) is 0 Å². The molecule has 0 amide bonds. The van der Waals surface area contributed by atoms with Crippen LogP contribution in [0, 0.1) is 0 Å². The molecule has 0 rings (SSSR count). The van der Waals surface area contributed by atoms with Gasteiger partial charge in [0.05, 0.1) is 13.2 Å². The van der Waals surface area contributed by atoms with E-state index in [2.05, 4.69) is 62.5 Å². The van der Waals surface area contributed by atoms with Gasteiger partial charge in [-0.2, -0.15) is 0 Å². The van der Waals surface area contributed by atoms with Crippen molar-refractivity contribution in [2.45, 2.75) is 193 Å². The van der Waals surface area contributed by atoms with Gasteiger partial charge in [0.1, 0.15) is 6.10 Å². The summed E-state index contributed by atoms with van der Waals surface area (Å²) in [6.07, 6.45) is 50.2. The normalized spacial score (nSPS) is 12.8. The predicted octanol–water partition coefficient (Wildman–Crippen LogP) is 12.7. The molecule has 0 saturated carbocycles. The highest BCUT2D eigenvalue weighted by Crippen LogP contribution is 2.15. The number of hydrogen-bond acceptors (Lipinski definition) is 4. The van der Waals surface area contributed by atoms with Crippen LogP contribution in [0.2, 0.25) is 0 Å². The second-order valence-electron chi connectivity index (χ2n) is 13.0. The first-order chi connectivity index (χ1) is 22.7. The molecule has 4 nitrogen and oxygen atoms in total. The van der Waals surface area contributed by atoms with Gasteiger partial charge in [0, 0.05) is 13.0 Å². The Kier molecular flexibility index (Phi) is 38.1. The lowest BCUT2D eigenvalue weighted by molar-refractivity contribution is -0.154. The van der Waals surface area contributed by atoms with Gasteiger partial charge in [-0.3, -0.25) is 4.79 Å². The summed E-state index contributed by atoms with van der Waals surface area (Å²) in [5, 5.41) is 9.57. The fourth-order valence-electron chi connectivity index (χ4n) is 5.50. The number of carbonyl (C=O) groups excluding carboxylic acids is 1. The van der Waals surface area contributed by atoms with Crippen molar-refractivity contribution in [2.75, 3.05) is 19.8 Å². The van der Waals surface area contributed by atoms with Crippen LogP contribution in [-0.4, -0.2) is 37.0 Å². The summed E-state index contributed by atoms with van der Waals surface area (Å²) in [6.45, 7) is 5.20. The standard InChI is InChI=1S/C42H76O4/c1-3-5-7-9-11-13-15-17-19-20-21-22-24-26-28-30-32-34-36-38-45-40-41(39-43)46-42(44)37-35-33-31-29-27-25-23-18-16-14-12-10-8-6-4-2/h6,8,12,14,18,23,27,29,41,43H,3-5,7,9-11,13,15-17,19-22,24-26,28,30-40H2,1-2H3/b8-6-,14-12-,23-18-,29-27-. The molecule has 1 atom stereocenters. The topological polar surface area (TPSA) is 55.8 Å². The van der Waals surface area contributed by atoms with Crippen LogP contribution in [0.5, 0.6) is 0 Å². The minimum absolute atomic E-state index is 0.188. The summed E-state index contributed by atoms with van der Waals surface area (Å²) in [7, 11) is 0. The fraction of sp³-hybridized carbons (Fsp3) is 0.786. The van der Waals surface area contributed by atoms with Crippen LogP contribution in [0.1, 0.15) is 187 Å². The van der Waals surface area contributed by atoms with Crippen LogP contribution < -0.4 is 0 Å². The van der Waals surface area contributed by atoms with E-state index in [1.165, 1.54) is 116 Å². The number of ether oxygens (including phenoxy) is 2. The Morgan fingerprint density at radius 2 is 0.978 bits per heavy atom. The molecule has 0 aromatic carbocycles. The summed E-state index contributed by atoms with van der Waals surface area (Å²) in [5.41, 5.74) is 0. The van der Waals surface area contributed by atoms with Crippen molar-refractivity contribution in [3.05, 3.63) is 48.6 Å². The zero-order valence-corrected chi connectivity index (χ0v) is 30.6. The van der Waals surface area contributed by atoms with E-state index in [4.69, 9.17) is 9.47 Å². The molecule has 0 aromatic rings. The third kappa shape index (κ3) is 36.8. The highest BCUT2D eigenvalue weighted by molar-refractivity contribution is 5.69. The molecule has 0 bridgehead atoms. The number of hydrogen-bond donors (Lipinski definition) is 1. The molecule has 0 aliphatic carbocycles. The Morgan fingerprint density at radius 3 is 1.43 bits per heavy atom. The maximum Gasteiger partial charge on any atom is 0.306 e. The van der Waals surface area contributed by atoms with Gasteiger partial charge < -0.3 is 14.6 Å². The number of carbonyl (C=O) groups is 1. The van der Waals surface area contributed by atoms with Crippen molar-refractivity contribution in [3.63, 3.8) is 0 Å². The van der Waals surface area contributed by atoms with E-state index in [1.54, 1.807) is 0 Å². The Morgan fingerprint density at radius 1 is 0.543 bits per heavy atom. The minimum Gasteiger partial charge on any atom is -0.457 e. The summed E-state index contributed by atoms with van der Waals surface area (Å²) < 4.78 is 11.1. The molecule has 0 saturated heterocycles. The Hall–Kier alpha value is -1.65. The zero-order chi connectivity index (χ0) is 33.4. The van der Waals surface area contributed by atoms with Crippen molar-refractivity contribution in [3.8, 4) is 0 Å². The van der Waals surface area contributed by atoms with E-state index in [-0.39, 0.29) is 19.2 Å². The maximum atomic E-state index is 12.1. The SMILES string of the molecule is CC/C=C\C/C=C\C/C=C\C/C=C\CCCCC(=O)OC(CO)COCCCCCCCCCCCCCCCCCCCCC. The Balaban J connectivity index is 3.47. The summed E-state index contributed by atoms with van der Waals surface area (Å²) in [6, 6.07) is 0. The highest BCUT2D eigenvalue weighted by Gasteiger charge is 2.13. The van der Waals surface area contributed by atoms with Gasteiger partial charge in [0.15, 0.2) is 0 Å². The van der Waals surface area contributed by atoms with E-state index >= 15 is 0 Å². The van der Waals surface area contributed by atoms with Gasteiger partial charge in [-0.15, -0.1) is 0 Å². The minimum atomic E-state index is -0.554. The predicted molar refractivity (Wildman–Crippen MR) is 200 cm³/mol. The smallest absolute Gasteiger partial charge is 0.306 e. The number of allylic oxidation sites excluding steroid dienone is 8. The maximum absolute atomic E-state index is 12.1. The molecule has 0 heterocycles. The molecular weight excluding hydrogens is 568 g/mol. The molecule has 0 aliphatic heterocycles. The lowest BCUT2D eigenvalue weighted by Crippen LogP contribution is -2.27. The Bertz CT molecular complexity index is 723. The molecular formula is C42H76O4. The van der Waals surface area contributed by atoms with Crippen LogP contribution in [0.4, 0.5) is 0 Å². The van der Waals surface area contributed by atoms with Crippen molar-refractivity contribution in [1.82, 2.24) is 0 Å². The molecule has 0 radical (unpaired) electrons. The Labute approximate surface area is 286 Å². The van der Waals surface area contributed by atoms with Crippen LogP contribution in [-0.2, 0) is 14.3 Å². The average Bonchev–Trinajstić information content (AvgIpc) is 3.06. The third-order valence-electron chi connectivity index (χ3n) is 8.42. The first-order valence-corrected chi connectivity index (χ1v) is 19.7. The van der Waals surface area contributed by atoms with Gasteiger partial charge in [0.2, 0.25) is 0 Å². The van der Waals surface area contributed by atoms with Crippen molar-refractivity contribution in [2.24, 2.45) is 0 Å². The molecule has 46 heavy (non-hydrogen) atoms. The van der Waals surface area contributed by atoms with Crippen LogP contribution in [0.3, 0.4) is 0 Å². The summed E-state index contributed by atoms with van der Waals surface area (Å²) in [4.78, 5) is 12.1. The largest absolute Gasteiger partial charge is 0.457 e. The van der Waals surface area contributed by atoms with Crippen molar-refractivity contribution < 1.29 is 19.4 Å². The number of aliphatic hydroxyl groups excluding tert-OH is 1. The second kappa shape index (κ2) is 39.5. The lowest BCUT2D eigenvalue weighted by Gasteiger charge is -2.15. The van der Waals surface area contributed by atoms with E-state index in [9.17, 15) is 9.90 Å². The highest BCUT2D eigenvalue weighted by atomic mass is 16.6. The van der Waals surface area contributed by atoms with Gasteiger partial charge in [-0.25, -0.2) is 0 Å². The molecule has 1 N–H and O–H groups in total. The van der Waals surface area contributed by atoms with E-state index in [0.717, 1.165) is 51.4 Å². The molecule has 0 aliphatic rings. The summed E-state index contributed by atoms with van der Waals surface area (Å²) in [5.74, 6) is -0.240. The third-order valence-corrected chi connectivity index (χ3v) is 8.42. The van der Waals surface area contributed by atoms with Crippen LogP contribution in [0.15, 0.2) is 48.6 Å². The number of unbranched alkanes of at least 4 members (excludes halogenated alkanes) is 20. The number of aliphatic hydroxyl groups is 1. The van der Waals surface area contributed by atoms with Crippen molar-refractivity contribution >= 4 is 5.97 Å². The van der Waals surface area contributed by atoms with Crippen LogP contribution in [0.25, 0.3) is 0 Å². The quantitative estimate of drug-likeness (QED) is 0.0419. The van der Waals surface area contributed by atoms with Gasteiger partial charge in [-0.05, 0) is 51.4 Å². The van der Waals surface area contributed by atoms with Gasteiger partial charge in [0.25, 0.3) is 0 Å².